The standard InChI is InChI=1S/C18H15ClN2O3/c1-11-16(12-3-5-13(19)6-4-12)20-21(17(11)18(22)23)14-7-9-15(24-2)10-8-14/h3-10H,1-2H3,(H,22,23). The summed E-state index contributed by atoms with van der Waals surface area (Å²) in [7, 11) is 1.58. The first-order valence-electron chi connectivity index (χ1n) is 7.24. The van der Waals surface area contributed by atoms with Crippen LogP contribution in [0.2, 0.25) is 5.02 Å². The Bertz CT molecular complexity index is 884. The van der Waals surface area contributed by atoms with Crippen LogP contribution >= 0.6 is 11.6 Å². The van der Waals surface area contributed by atoms with Crippen molar-refractivity contribution in [3.63, 3.8) is 0 Å². The molecule has 122 valence electrons. The summed E-state index contributed by atoms with van der Waals surface area (Å²) in [5.41, 5.74) is 2.80. The van der Waals surface area contributed by atoms with Gasteiger partial charge in [0.05, 0.1) is 18.5 Å². The first-order valence-corrected chi connectivity index (χ1v) is 7.62. The van der Waals surface area contributed by atoms with Crippen molar-refractivity contribution in [3.8, 4) is 22.7 Å². The van der Waals surface area contributed by atoms with E-state index in [4.69, 9.17) is 16.3 Å². The second-order valence-corrected chi connectivity index (χ2v) is 5.68. The maximum Gasteiger partial charge on any atom is 0.354 e. The van der Waals surface area contributed by atoms with E-state index >= 15 is 0 Å². The number of methoxy groups -OCH3 is 1. The normalized spacial score (nSPS) is 10.6. The molecule has 0 saturated carbocycles. The summed E-state index contributed by atoms with van der Waals surface area (Å²) in [5, 5.41) is 14.7. The lowest BCUT2D eigenvalue weighted by molar-refractivity contribution is 0.0686. The van der Waals surface area contributed by atoms with Gasteiger partial charge in [-0.1, -0.05) is 23.7 Å². The lowest BCUT2D eigenvalue weighted by atomic mass is 10.1. The van der Waals surface area contributed by atoms with E-state index in [-0.39, 0.29) is 5.69 Å². The van der Waals surface area contributed by atoms with Crippen LogP contribution in [0.15, 0.2) is 48.5 Å². The third kappa shape index (κ3) is 2.86. The zero-order valence-electron chi connectivity index (χ0n) is 13.2. The molecular weight excluding hydrogens is 328 g/mol. The molecule has 0 aliphatic rings. The summed E-state index contributed by atoms with van der Waals surface area (Å²) in [6.45, 7) is 1.75. The maximum absolute atomic E-state index is 11.7. The Morgan fingerprint density at radius 1 is 1.12 bits per heavy atom. The van der Waals surface area contributed by atoms with E-state index in [2.05, 4.69) is 5.10 Å². The number of carboxylic acid groups (broad SMARTS) is 1. The Morgan fingerprint density at radius 2 is 1.75 bits per heavy atom. The first kappa shape index (κ1) is 16.1. The van der Waals surface area contributed by atoms with Gasteiger partial charge in [-0.05, 0) is 43.3 Å². The molecule has 1 N–H and O–H groups in total. The minimum atomic E-state index is -1.03. The number of ether oxygens (including phenoxy) is 1. The number of aromatic carboxylic acids is 1. The molecule has 0 unspecified atom stereocenters. The predicted molar refractivity (Wildman–Crippen MR) is 92.3 cm³/mol. The summed E-state index contributed by atoms with van der Waals surface area (Å²) in [5.74, 6) is -0.339. The van der Waals surface area contributed by atoms with Crippen molar-refractivity contribution in [2.75, 3.05) is 7.11 Å². The van der Waals surface area contributed by atoms with Gasteiger partial charge < -0.3 is 9.84 Å². The fourth-order valence-corrected chi connectivity index (χ4v) is 2.67. The molecule has 5 nitrogen and oxygen atoms in total. The van der Waals surface area contributed by atoms with Crippen LogP contribution in [0, 0.1) is 6.92 Å². The van der Waals surface area contributed by atoms with E-state index in [9.17, 15) is 9.90 Å². The highest BCUT2D eigenvalue weighted by molar-refractivity contribution is 6.30. The van der Waals surface area contributed by atoms with Gasteiger partial charge in [0.1, 0.15) is 5.75 Å². The molecule has 3 rings (SSSR count). The van der Waals surface area contributed by atoms with Gasteiger partial charge in [0.15, 0.2) is 5.69 Å². The van der Waals surface area contributed by atoms with Crippen LogP contribution in [0.5, 0.6) is 5.75 Å². The zero-order valence-corrected chi connectivity index (χ0v) is 13.9. The zero-order chi connectivity index (χ0) is 17.3. The Kier molecular flexibility index (Phi) is 4.27. The van der Waals surface area contributed by atoms with E-state index in [1.807, 2.05) is 12.1 Å². The fourth-order valence-electron chi connectivity index (χ4n) is 2.54. The number of nitrogens with zero attached hydrogens (tertiary/aromatic N) is 2. The molecule has 6 heteroatoms. The van der Waals surface area contributed by atoms with Gasteiger partial charge >= 0.3 is 5.97 Å². The van der Waals surface area contributed by atoms with Crippen molar-refractivity contribution >= 4 is 17.6 Å². The lowest BCUT2D eigenvalue weighted by Gasteiger charge is -2.06. The lowest BCUT2D eigenvalue weighted by Crippen LogP contribution is -2.09. The number of hydrogen-bond donors (Lipinski definition) is 1. The van der Waals surface area contributed by atoms with Gasteiger partial charge in [-0.2, -0.15) is 5.10 Å². The van der Waals surface area contributed by atoms with Crippen molar-refractivity contribution in [1.29, 1.82) is 0 Å². The third-order valence-electron chi connectivity index (χ3n) is 3.76. The topological polar surface area (TPSA) is 64.4 Å². The number of rotatable bonds is 4. The van der Waals surface area contributed by atoms with Gasteiger partial charge in [0.25, 0.3) is 0 Å². The smallest absolute Gasteiger partial charge is 0.354 e. The van der Waals surface area contributed by atoms with Crippen LogP contribution in [-0.4, -0.2) is 28.0 Å². The number of aromatic nitrogens is 2. The van der Waals surface area contributed by atoms with Crippen LogP contribution in [-0.2, 0) is 0 Å². The van der Waals surface area contributed by atoms with Gasteiger partial charge in [-0.25, -0.2) is 9.48 Å². The van der Waals surface area contributed by atoms with E-state index in [0.717, 1.165) is 5.56 Å². The average molecular weight is 343 g/mol. The SMILES string of the molecule is COc1ccc(-n2nc(-c3ccc(Cl)cc3)c(C)c2C(=O)O)cc1. The monoisotopic (exact) mass is 342 g/mol. The molecule has 3 aromatic rings. The van der Waals surface area contributed by atoms with Gasteiger partial charge in [0.2, 0.25) is 0 Å². The molecule has 0 saturated heterocycles. The Morgan fingerprint density at radius 3 is 2.29 bits per heavy atom. The Hall–Kier alpha value is -2.79. The van der Waals surface area contributed by atoms with E-state index in [1.165, 1.54) is 4.68 Å². The third-order valence-corrected chi connectivity index (χ3v) is 4.01. The summed E-state index contributed by atoms with van der Waals surface area (Å²) in [6.07, 6.45) is 0. The van der Waals surface area contributed by atoms with Crippen molar-refractivity contribution in [1.82, 2.24) is 9.78 Å². The van der Waals surface area contributed by atoms with Gasteiger partial charge in [-0.15, -0.1) is 0 Å². The molecule has 24 heavy (non-hydrogen) atoms. The largest absolute Gasteiger partial charge is 0.497 e. The molecule has 2 aromatic carbocycles. The predicted octanol–water partition coefficient (Wildman–Crippen LogP) is 4.21. The van der Waals surface area contributed by atoms with Crippen molar-refractivity contribution < 1.29 is 14.6 Å². The molecule has 0 atom stereocenters. The fraction of sp³-hybridized carbons (Fsp3) is 0.111. The molecular formula is C18H15ClN2O3. The van der Waals surface area contributed by atoms with Crippen molar-refractivity contribution in [2.24, 2.45) is 0 Å². The van der Waals surface area contributed by atoms with Gasteiger partial charge in [-0.3, -0.25) is 0 Å². The second-order valence-electron chi connectivity index (χ2n) is 5.24. The second kappa shape index (κ2) is 6.37. The number of hydrogen-bond acceptors (Lipinski definition) is 3. The van der Waals surface area contributed by atoms with Crippen molar-refractivity contribution in [2.45, 2.75) is 6.92 Å². The van der Waals surface area contributed by atoms with Crippen LogP contribution < -0.4 is 4.74 Å². The summed E-state index contributed by atoms with van der Waals surface area (Å²) in [4.78, 5) is 11.7. The molecule has 0 aliphatic carbocycles. The molecule has 0 bridgehead atoms. The van der Waals surface area contributed by atoms with Crippen LogP contribution in [0.1, 0.15) is 16.1 Å². The van der Waals surface area contributed by atoms with Crippen molar-refractivity contribution in [3.05, 3.63) is 64.8 Å². The van der Waals surface area contributed by atoms with E-state index < -0.39 is 5.97 Å². The van der Waals surface area contributed by atoms with Crippen LogP contribution in [0.3, 0.4) is 0 Å². The molecule has 0 spiro atoms. The van der Waals surface area contributed by atoms with Crippen LogP contribution in [0.4, 0.5) is 0 Å². The first-order chi connectivity index (χ1) is 11.5. The van der Waals surface area contributed by atoms with Crippen LogP contribution in [0.25, 0.3) is 16.9 Å². The van der Waals surface area contributed by atoms with E-state index in [0.29, 0.717) is 27.7 Å². The molecule has 0 amide bonds. The Labute approximate surface area is 144 Å². The molecule has 0 fully saturated rings. The number of carboxylic acids is 1. The molecule has 1 heterocycles. The average Bonchev–Trinajstić information content (AvgIpc) is 2.93. The minimum absolute atomic E-state index is 0.130. The highest BCUT2D eigenvalue weighted by Gasteiger charge is 2.22. The quantitative estimate of drug-likeness (QED) is 0.771. The summed E-state index contributed by atoms with van der Waals surface area (Å²) < 4.78 is 6.57. The number of halogens is 1. The molecule has 1 aromatic heterocycles. The highest BCUT2D eigenvalue weighted by Crippen LogP contribution is 2.28. The minimum Gasteiger partial charge on any atom is -0.497 e. The summed E-state index contributed by atoms with van der Waals surface area (Å²) in [6, 6.07) is 14.2. The van der Waals surface area contributed by atoms with Gasteiger partial charge in [0, 0.05) is 16.1 Å². The molecule has 0 radical (unpaired) electrons. The molecule has 0 aliphatic heterocycles. The van der Waals surface area contributed by atoms with E-state index in [1.54, 1.807) is 50.4 Å². The Balaban J connectivity index is 2.16. The number of carbonyl (C=O) groups is 1. The maximum atomic E-state index is 11.7. The summed E-state index contributed by atoms with van der Waals surface area (Å²) >= 11 is 5.92. The highest BCUT2D eigenvalue weighted by atomic mass is 35.5. The number of benzene rings is 2.